The minimum atomic E-state index is 0.0404. The van der Waals surface area contributed by atoms with Crippen molar-refractivity contribution in [1.82, 2.24) is 10.2 Å². The van der Waals surface area contributed by atoms with Crippen molar-refractivity contribution in [1.29, 1.82) is 0 Å². The second-order valence-corrected chi connectivity index (χ2v) is 4.54. The molecule has 0 aliphatic carbocycles. The molecule has 1 aromatic rings. The van der Waals surface area contributed by atoms with E-state index in [0.717, 1.165) is 32.5 Å². The first-order chi connectivity index (χ1) is 8.31. The standard InChI is InChI=1S/C14H20N2O/c1-2-9-15-13-8-10-16(14(13)17)11-12-6-4-3-5-7-12/h3-7,13,15H,2,8-11H2,1H3. The van der Waals surface area contributed by atoms with Crippen LogP contribution in [0.15, 0.2) is 30.3 Å². The summed E-state index contributed by atoms with van der Waals surface area (Å²) in [6.07, 6.45) is 2.01. The minimum Gasteiger partial charge on any atom is -0.337 e. The molecule has 1 aliphatic heterocycles. The van der Waals surface area contributed by atoms with E-state index in [9.17, 15) is 4.79 Å². The molecule has 0 spiro atoms. The maximum atomic E-state index is 12.1. The van der Waals surface area contributed by atoms with Crippen LogP contribution in [0.2, 0.25) is 0 Å². The maximum absolute atomic E-state index is 12.1. The van der Waals surface area contributed by atoms with Crippen LogP contribution in [0.3, 0.4) is 0 Å². The van der Waals surface area contributed by atoms with Gasteiger partial charge < -0.3 is 10.2 Å². The highest BCUT2D eigenvalue weighted by molar-refractivity contribution is 5.83. The molecule has 1 unspecified atom stereocenters. The average molecular weight is 232 g/mol. The molecule has 0 aromatic heterocycles. The lowest BCUT2D eigenvalue weighted by Crippen LogP contribution is -2.38. The van der Waals surface area contributed by atoms with Crippen LogP contribution in [0, 0.1) is 0 Å². The summed E-state index contributed by atoms with van der Waals surface area (Å²) in [7, 11) is 0. The van der Waals surface area contributed by atoms with E-state index in [2.05, 4.69) is 24.4 Å². The summed E-state index contributed by atoms with van der Waals surface area (Å²) >= 11 is 0. The molecule has 1 heterocycles. The molecule has 0 radical (unpaired) electrons. The zero-order valence-corrected chi connectivity index (χ0v) is 10.4. The van der Waals surface area contributed by atoms with E-state index in [1.165, 1.54) is 5.56 Å². The van der Waals surface area contributed by atoms with Crippen LogP contribution >= 0.6 is 0 Å². The monoisotopic (exact) mass is 232 g/mol. The van der Waals surface area contributed by atoms with Crippen LogP contribution in [-0.4, -0.2) is 29.9 Å². The van der Waals surface area contributed by atoms with Crippen LogP contribution < -0.4 is 5.32 Å². The number of amides is 1. The van der Waals surface area contributed by atoms with Gasteiger partial charge in [-0.1, -0.05) is 37.3 Å². The molecule has 1 amide bonds. The Kier molecular flexibility index (Phi) is 4.15. The summed E-state index contributed by atoms with van der Waals surface area (Å²) in [6.45, 7) is 4.66. The first-order valence-electron chi connectivity index (χ1n) is 6.37. The van der Waals surface area contributed by atoms with Crippen molar-refractivity contribution >= 4 is 5.91 Å². The Morgan fingerprint density at radius 1 is 1.35 bits per heavy atom. The number of nitrogens with one attached hydrogen (secondary N) is 1. The van der Waals surface area contributed by atoms with Gasteiger partial charge in [0.1, 0.15) is 0 Å². The van der Waals surface area contributed by atoms with Crippen molar-refractivity contribution < 1.29 is 4.79 Å². The van der Waals surface area contributed by atoms with Gasteiger partial charge in [0.05, 0.1) is 6.04 Å². The molecule has 0 bridgehead atoms. The third-order valence-electron chi connectivity index (χ3n) is 3.15. The first-order valence-corrected chi connectivity index (χ1v) is 6.37. The second kappa shape index (κ2) is 5.82. The highest BCUT2D eigenvalue weighted by Crippen LogP contribution is 2.14. The van der Waals surface area contributed by atoms with Gasteiger partial charge in [-0.25, -0.2) is 0 Å². The van der Waals surface area contributed by atoms with Gasteiger partial charge in [0.15, 0.2) is 0 Å². The molecule has 1 fully saturated rings. The van der Waals surface area contributed by atoms with Crippen LogP contribution in [0.1, 0.15) is 25.3 Å². The van der Waals surface area contributed by atoms with Crippen molar-refractivity contribution in [3.05, 3.63) is 35.9 Å². The Labute approximate surface area is 103 Å². The highest BCUT2D eigenvalue weighted by atomic mass is 16.2. The zero-order valence-electron chi connectivity index (χ0n) is 10.4. The molecule has 0 saturated carbocycles. The summed E-state index contributed by atoms with van der Waals surface area (Å²) in [5.74, 6) is 0.252. The molecule has 92 valence electrons. The number of hydrogen-bond donors (Lipinski definition) is 1. The van der Waals surface area contributed by atoms with Crippen LogP contribution in [-0.2, 0) is 11.3 Å². The smallest absolute Gasteiger partial charge is 0.240 e. The van der Waals surface area contributed by atoms with E-state index in [4.69, 9.17) is 0 Å². The molecule has 1 atom stereocenters. The van der Waals surface area contributed by atoms with Gasteiger partial charge in [-0.2, -0.15) is 0 Å². The number of carbonyl (C=O) groups is 1. The van der Waals surface area contributed by atoms with Crippen molar-refractivity contribution in [3.8, 4) is 0 Å². The molecular formula is C14H20N2O. The normalized spacial score (nSPS) is 19.9. The number of nitrogens with zero attached hydrogens (tertiary/aromatic N) is 1. The average Bonchev–Trinajstić information content (AvgIpc) is 2.70. The Balaban J connectivity index is 1.89. The second-order valence-electron chi connectivity index (χ2n) is 4.54. The number of rotatable bonds is 5. The Bertz CT molecular complexity index is 364. The Morgan fingerprint density at radius 2 is 2.12 bits per heavy atom. The van der Waals surface area contributed by atoms with Gasteiger partial charge in [-0.3, -0.25) is 4.79 Å². The molecule has 1 aromatic carbocycles. The van der Waals surface area contributed by atoms with E-state index >= 15 is 0 Å². The maximum Gasteiger partial charge on any atom is 0.240 e. The SMILES string of the molecule is CCCNC1CCN(Cc2ccccc2)C1=O. The third kappa shape index (κ3) is 3.07. The molecule has 3 heteroatoms. The van der Waals surface area contributed by atoms with E-state index in [-0.39, 0.29) is 11.9 Å². The molecule has 1 N–H and O–H groups in total. The molecule has 2 rings (SSSR count). The highest BCUT2D eigenvalue weighted by Gasteiger charge is 2.30. The summed E-state index contributed by atoms with van der Waals surface area (Å²) in [5, 5.41) is 3.31. The fraction of sp³-hybridized carbons (Fsp3) is 0.500. The predicted molar refractivity (Wildman–Crippen MR) is 68.6 cm³/mol. The fourth-order valence-electron chi connectivity index (χ4n) is 2.21. The van der Waals surface area contributed by atoms with Gasteiger partial charge in [0.2, 0.25) is 5.91 Å². The van der Waals surface area contributed by atoms with E-state index in [0.29, 0.717) is 0 Å². The summed E-state index contributed by atoms with van der Waals surface area (Å²) in [5.41, 5.74) is 1.21. The Morgan fingerprint density at radius 3 is 2.82 bits per heavy atom. The largest absolute Gasteiger partial charge is 0.337 e. The molecule has 1 aliphatic rings. The summed E-state index contributed by atoms with van der Waals surface area (Å²) in [6, 6.07) is 10.2. The lowest BCUT2D eigenvalue weighted by atomic mass is 10.2. The summed E-state index contributed by atoms with van der Waals surface area (Å²) < 4.78 is 0. The van der Waals surface area contributed by atoms with E-state index in [1.807, 2.05) is 23.1 Å². The lowest BCUT2D eigenvalue weighted by Gasteiger charge is -2.17. The van der Waals surface area contributed by atoms with Gasteiger partial charge in [0, 0.05) is 13.1 Å². The minimum absolute atomic E-state index is 0.0404. The fourth-order valence-corrected chi connectivity index (χ4v) is 2.21. The number of benzene rings is 1. The molecular weight excluding hydrogens is 212 g/mol. The quantitative estimate of drug-likeness (QED) is 0.839. The van der Waals surface area contributed by atoms with Crippen molar-refractivity contribution in [2.45, 2.75) is 32.4 Å². The van der Waals surface area contributed by atoms with Crippen molar-refractivity contribution in [3.63, 3.8) is 0 Å². The number of likely N-dealkylation sites (tertiary alicyclic amines) is 1. The zero-order chi connectivity index (χ0) is 12.1. The number of carbonyl (C=O) groups excluding carboxylic acids is 1. The molecule has 3 nitrogen and oxygen atoms in total. The molecule has 1 saturated heterocycles. The van der Waals surface area contributed by atoms with Crippen LogP contribution in [0.4, 0.5) is 0 Å². The molecule has 17 heavy (non-hydrogen) atoms. The van der Waals surface area contributed by atoms with Crippen LogP contribution in [0.25, 0.3) is 0 Å². The van der Waals surface area contributed by atoms with Crippen molar-refractivity contribution in [2.75, 3.05) is 13.1 Å². The van der Waals surface area contributed by atoms with Gasteiger partial charge in [0.25, 0.3) is 0 Å². The topological polar surface area (TPSA) is 32.3 Å². The van der Waals surface area contributed by atoms with E-state index < -0.39 is 0 Å². The van der Waals surface area contributed by atoms with Gasteiger partial charge >= 0.3 is 0 Å². The Hall–Kier alpha value is -1.35. The summed E-state index contributed by atoms with van der Waals surface area (Å²) in [4.78, 5) is 14.0. The third-order valence-corrected chi connectivity index (χ3v) is 3.15. The van der Waals surface area contributed by atoms with Crippen LogP contribution in [0.5, 0.6) is 0 Å². The van der Waals surface area contributed by atoms with Gasteiger partial charge in [-0.05, 0) is 24.9 Å². The van der Waals surface area contributed by atoms with E-state index in [1.54, 1.807) is 0 Å². The van der Waals surface area contributed by atoms with Gasteiger partial charge in [-0.15, -0.1) is 0 Å². The first kappa shape index (κ1) is 12.1. The van der Waals surface area contributed by atoms with Crippen molar-refractivity contribution in [2.24, 2.45) is 0 Å². The number of hydrogen-bond acceptors (Lipinski definition) is 2. The predicted octanol–water partition coefficient (Wildman–Crippen LogP) is 1.79. The lowest BCUT2D eigenvalue weighted by molar-refractivity contribution is -0.129.